The number of furan rings is 1. The van der Waals surface area contributed by atoms with Crippen molar-refractivity contribution in [3.8, 4) is 5.75 Å². The number of nitrogens with zero attached hydrogens (tertiary/aromatic N) is 1. The van der Waals surface area contributed by atoms with Crippen molar-refractivity contribution in [2.45, 2.75) is 6.92 Å². The van der Waals surface area contributed by atoms with Gasteiger partial charge in [-0.2, -0.15) is 5.10 Å². The Balaban J connectivity index is 1.64. The smallest absolute Gasteiger partial charge is 0.379 e. The van der Waals surface area contributed by atoms with E-state index in [0.29, 0.717) is 10.0 Å². The average molecular weight is 535 g/mol. The maximum Gasteiger partial charge on any atom is 0.379 e. The molecule has 0 atom stereocenters. The molecule has 154 valence electrons. The van der Waals surface area contributed by atoms with Crippen LogP contribution in [0.4, 0.5) is 5.69 Å². The predicted octanol–water partition coefficient (Wildman–Crippen LogP) is 4.89. The van der Waals surface area contributed by atoms with Gasteiger partial charge in [-0.25, -0.2) is 10.2 Å². The second-order valence-corrected chi connectivity index (χ2v) is 7.96. The summed E-state index contributed by atoms with van der Waals surface area (Å²) in [6, 6.07) is 14.2. The van der Waals surface area contributed by atoms with Gasteiger partial charge in [0.1, 0.15) is 0 Å². The van der Waals surface area contributed by atoms with Gasteiger partial charge in [0.2, 0.25) is 5.76 Å². The van der Waals surface area contributed by atoms with Crippen LogP contribution < -0.4 is 15.5 Å². The summed E-state index contributed by atoms with van der Waals surface area (Å²) in [6.45, 7) is 2.05. The fraction of sp³-hybridized carbons (Fsp3) is 0.0952. The Labute approximate surface area is 189 Å². The zero-order valence-electron chi connectivity index (χ0n) is 15.8. The van der Waals surface area contributed by atoms with E-state index in [1.807, 2.05) is 31.2 Å². The van der Waals surface area contributed by atoms with E-state index in [9.17, 15) is 9.59 Å². The minimum Gasteiger partial charge on any atom is -0.457 e. The molecule has 1 amide bonds. The number of anilines is 1. The van der Waals surface area contributed by atoms with Crippen molar-refractivity contribution in [3.63, 3.8) is 0 Å². The predicted molar refractivity (Wildman–Crippen MR) is 121 cm³/mol. The van der Waals surface area contributed by atoms with Gasteiger partial charge >= 0.3 is 5.97 Å². The van der Waals surface area contributed by atoms with Gasteiger partial charge in [0.15, 0.2) is 5.75 Å². The first-order valence-electron chi connectivity index (χ1n) is 8.79. The van der Waals surface area contributed by atoms with Crippen LogP contribution in [0.3, 0.4) is 0 Å². The first kappa shape index (κ1) is 21.8. The number of carbonyl (C=O) groups is 2. The van der Waals surface area contributed by atoms with Gasteiger partial charge in [0.25, 0.3) is 5.91 Å². The first-order chi connectivity index (χ1) is 14.4. The molecule has 7 nitrogen and oxygen atoms in total. The molecule has 30 heavy (non-hydrogen) atoms. The Morgan fingerprint density at radius 3 is 2.63 bits per heavy atom. The Kier molecular flexibility index (Phi) is 7.42. The zero-order chi connectivity index (χ0) is 21.5. The van der Waals surface area contributed by atoms with E-state index in [0.717, 1.165) is 15.7 Å². The number of hydrogen-bond donors (Lipinski definition) is 2. The van der Waals surface area contributed by atoms with Gasteiger partial charge < -0.3 is 14.5 Å². The van der Waals surface area contributed by atoms with Crippen LogP contribution in [-0.2, 0) is 4.79 Å². The number of amides is 1. The summed E-state index contributed by atoms with van der Waals surface area (Å²) in [5.41, 5.74) is 4.89. The molecule has 9 heteroatoms. The molecule has 0 aliphatic rings. The number of rotatable bonds is 7. The van der Waals surface area contributed by atoms with Crippen LogP contribution >= 0.6 is 31.9 Å². The molecule has 2 N–H and O–H groups in total. The molecular formula is C21H17Br2N3O4. The van der Waals surface area contributed by atoms with E-state index in [4.69, 9.17) is 9.15 Å². The molecule has 0 saturated carbocycles. The van der Waals surface area contributed by atoms with Crippen LogP contribution in [0.5, 0.6) is 5.75 Å². The van der Waals surface area contributed by atoms with Crippen molar-refractivity contribution in [1.82, 2.24) is 5.43 Å². The lowest BCUT2D eigenvalue weighted by Gasteiger charge is -2.09. The number of carbonyl (C=O) groups excluding carboxylic acids is 2. The molecule has 1 aromatic heterocycles. The molecule has 0 aliphatic heterocycles. The SMILES string of the molecule is Cc1ccc(NCC(=O)NN=Cc2cc(Br)cc(Br)c2OC(=O)c2ccco2)cc1. The summed E-state index contributed by atoms with van der Waals surface area (Å²) in [5.74, 6) is -0.655. The van der Waals surface area contributed by atoms with Gasteiger partial charge in [-0.1, -0.05) is 33.6 Å². The lowest BCUT2D eigenvalue weighted by molar-refractivity contribution is -0.119. The fourth-order valence-electron chi connectivity index (χ4n) is 2.39. The van der Waals surface area contributed by atoms with Gasteiger partial charge in [-0.05, 0) is 59.3 Å². The zero-order valence-corrected chi connectivity index (χ0v) is 19.0. The quantitative estimate of drug-likeness (QED) is 0.195. The van der Waals surface area contributed by atoms with Crippen LogP contribution in [0.2, 0.25) is 0 Å². The molecule has 0 unspecified atom stereocenters. The van der Waals surface area contributed by atoms with Crippen LogP contribution in [0.1, 0.15) is 21.7 Å². The third-order valence-corrected chi connectivity index (χ3v) is 4.90. The topological polar surface area (TPSA) is 92.9 Å². The van der Waals surface area contributed by atoms with Crippen molar-refractivity contribution in [2.75, 3.05) is 11.9 Å². The highest BCUT2D eigenvalue weighted by molar-refractivity contribution is 9.11. The minimum atomic E-state index is -0.649. The van der Waals surface area contributed by atoms with Crippen LogP contribution in [0, 0.1) is 6.92 Å². The van der Waals surface area contributed by atoms with E-state index in [2.05, 4.69) is 47.7 Å². The standard InChI is InChI=1S/C21H17Br2N3O4/c1-13-4-6-16(7-5-13)24-12-19(27)26-25-11-14-9-15(22)10-17(23)20(14)30-21(28)18-3-2-8-29-18/h2-11,24H,12H2,1H3,(H,26,27). The monoisotopic (exact) mass is 533 g/mol. The summed E-state index contributed by atoms with van der Waals surface area (Å²) in [5, 5.41) is 6.97. The van der Waals surface area contributed by atoms with Gasteiger partial charge in [-0.3, -0.25) is 4.79 Å². The van der Waals surface area contributed by atoms with E-state index in [-0.39, 0.29) is 24.0 Å². The second-order valence-electron chi connectivity index (χ2n) is 6.19. The van der Waals surface area contributed by atoms with E-state index in [1.165, 1.54) is 18.5 Å². The van der Waals surface area contributed by atoms with Crippen molar-refractivity contribution >= 4 is 55.6 Å². The Hall–Kier alpha value is -2.91. The normalized spacial score (nSPS) is 10.8. The molecule has 3 aromatic rings. The highest BCUT2D eigenvalue weighted by Crippen LogP contribution is 2.32. The molecule has 0 spiro atoms. The van der Waals surface area contributed by atoms with Crippen molar-refractivity contribution in [3.05, 3.63) is 80.6 Å². The number of halogens is 2. The van der Waals surface area contributed by atoms with E-state index < -0.39 is 5.97 Å². The summed E-state index contributed by atoms with van der Waals surface area (Å²) in [4.78, 5) is 24.2. The maximum absolute atomic E-state index is 12.2. The Morgan fingerprint density at radius 2 is 1.93 bits per heavy atom. The van der Waals surface area contributed by atoms with Crippen molar-refractivity contribution in [1.29, 1.82) is 0 Å². The molecule has 0 radical (unpaired) electrons. The van der Waals surface area contributed by atoms with Crippen molar-refractivity contribution in [2.24, 2.45) is 5.10 Å². The highest BCUT2D eigenvalue weighted by atomic mass is 79.9. The lowest BCUT2D eigenvalue weighted by atomic mass is 10.2. The molecule has 0 aliphatic carbocycles. The second kappa shape index (κ2) is 10.2. The highest BCUT2D eigenvalue weighted by Gasteiger charge is 2.17. The number of esters is 1. The van der Waals surface area contributed by atoms with E-state index in [1.54, 1.807) is 18.2 Å². The number of aryl methyl sites for hydroxylation is 1. The van der Waals surface area contributed by atoms with Gasteiger partial charge in [0, 0.05) is 15.7 Å². The lowest BCUT2D eigenvalue weighted by Crippen LogP contribution is -2.25. The molecule has 1 heterocycles. The average Bonchev–Trinajstić information content (AvgIpc) is 3.25. The van der Waals surface area contributed by atoms with Gasteiger partial charge in [0.05, 0.1) is 23.5 Å². The number of benzene rings is 2. The number of hydrogen-bond acceptors (Lipinski definition) is 6. The Morgan fingerprint density at radius 1 is 1.17 bits per heavy atom. The molecule has 0 fully saturated rings. The summed E-state index contributed by atoms with van der Waals surface area (Å²) in [7, 11) is 0. The molecule has 3 rings (SSSR count). The Bertz CT molecular complexity index is 1060. The summed E-state index contributed by atoms with van der Waals surface area (Å²) < 4.78 is 11.8. The minimum absolute atomic E-state index is 0.0584. The van der Waals surface area contributed by atoms with Crippen LogP contribution in [-0.4, -0.2) is 24.6 Å². The number of hydrazone groups is 1. The number of ether oxygens (including phenoxy) is 1. The van der Waals surface area contributed by atoms with Crippen molar-refractivity contribution < 1.29 is 18.7 Å². The van der Waals surface area contributed by atoms with E-state index >= 15 is 0 Å². The third kappa shape index (κ3) is 6.04. The molecule has 0 bridgehead atoms. The molecule has 0 saturated heterocycles. The maximum atomic E-state index is 12.2. The third-order valence-electron chi connectivity index (χ3n) is 3.85. The number of nitrogens with one attached hydrogen (secondary N) is 2. The molecule has 2 aromatic carbocycles. The molecular weight excluding hydrogens is 518 g/mol. The fourth-order valence-corrected chi connectivity index (χ4v) is 3.73. The van der Waals surface area contributed by atoms with Crippen LogP contribution in [0.25, 0.3) is 0 Å². The van der Waals surface area contributed by atoms with Gasteiger partial charge in [-0.15, -0.1) is 0 Å². The first-order valence-corrected chi connectivity index (χ1v) is 10.4. The van der Waals surface area contributed by atoms with Crippen LogP contribution in [0.15, 0.2) is 73.3 Å². The largest absolute Gasteiger partial charge is 0.457 e. The summed E-state index contributed by atoms with van der Waals surface area (Å²) >= 11 is 6.75. The summed E-state index contributed by atoms with van der Waals surface area (Å²) in [6.07, 6.45) is 2.78.